The van der Waals surface area contributed by atoms with Gasteiger partial charge in [-0.25, -0.2) is 13.1 Å². The number of hydrogen-bond acceptors (Lipinski definition) is 7. The van der Waals surface area contributed by atoms with E-state index in [9.17, 15) is 18.0 Å². The highest BCUT2D eigenvalue weighted by Gasteiger charge is 2.30. The molecule has 1 atom stereocenters. The predicted molar refractivity (Wildman–Crippen MR) is 121 cm³/mol. The van der Waals surface area contributed by atoms with Gasteiger partial charge in [0.2, 0.25) is 21.8 Å². The lowest BCUT2D eigenvalue weighted by Gasteiger charge is -2.35. The van der Waals surface area contributed by atoms with Crippen LogP contribution in [0, 0.1) is 0 Å². The zero-order valence-electron chi connectivity index (χ0n) is 18.4. The highest BCUT2D eigenvalue weighted by molar-refractivity contribution is 7.89. The van der Waals surface area contributed by atoms with Gasteiger partial charge in [0.25, 0.3) is 0 Å². The molecular weight excluding hydrogens is 446 g/mol. The standard InChI is InChI=1S/C23H27N3O6S/c1-31-19-6-2-17(3-7-19)21(25-12-14-32-15-13-25)16-24-33(29,30)20-8-4-18(5-9-20)26-22(27)10-11-23(26)28/h2-9,21,24H,10-16H2,1H3. The first kappa shape index (κ1) is 23.4. The minimum absolute atomic E-state index is 0.0702. The fourth-order valence-electron chi connectivity index (χ4n) is 4.08. The van der Waals surface area contributed by atoms with Gasteiger partial charge in [0, 0.05) is 38.5 Å². The number of morpholine rings is 1. The van der Waals surface area contributed by atoms with Crippen LogP contribution >= 0.6 is 0 Å². The fraction of sp³-hybridized carbons (Fsp3) is 0.391. The zero-order chi connectivity index (χ0) is 23.4. The summed E-state index contributed by atoms with van der Waals surface area (Å²) < 4.78 is 39.4. The maximum Gasteiger partial charge on any atom is 0.240 e. The molecule has 176 valence electrons. The number of imide groups is 1. The minimum atomic E-state index is -3.80. The Kier molecular flexibility index (Phi) is 7.08. The van der Waals surface area contributed by atoms with E-state index in [1.54, 1.807) is 7.11 Å². The third-order valence-corrected chi connectivity index (χ3v) is 7.35. The van der Waals surface area contributed by atoms with Crippen molar-refractivity contribution >= 4 is 27.5 Å². The first-order valence-electron chi connectivity index (χ1n) is 10.8. The highest BCUT2D eigenvalue weighted by Crippen LogP contribution is 2.26. The summed E-state index contributed by atoms with van der Waals surface area (Å²) in [5.41, 5.74) is 1.35. The Morgan fingerprint density at radius 1 is 0.970 bits per heavy atom. The van der Waals surface area contributed by atoms with Crippen molar-refractivity contribution in [2.24, 2.45) is 0 Å². The van der Waals surface area contributed by atoms with Gasteiger partial charge in [0.15, 0.2) is 0 Å². The van der Waals surface area contributed by atoms with Crippen molar-refractivity contribution in [3.63, 3.8) is 0 Å². The molecule has 2 saturated heterocycles. The number of methoxy groups -OCH3 is 1. The molecule has 0 aromatic heterocycles. The van der Waals surface area contributed by atoms with Crippen molar-refractivity contribution in [1.29, 1.82) is 0 Å². The van der Waals surface area contributed by atoms with E-state index in [0.29, 0.717) is 32.0 Å². The van der Waals surface area contributed by atoms with Gasteiger partial charge in [-0.2, -0.15) is 0 Å². The van der Waals surface area contributed by atoms with Crippen molar-refractivity contribution in [3.05, 3.63) is 54.1 Å². The van der Waals surface area contributed by atoms with Crippen LogP contribution in [0.4, 0.5) is 5.69 Å². The Morgan fingerprint density at radius 2 is 1.58 bits per heavy atom. The van der Waals surface area contributed by atoms with Gasteiger partial charge < -0.3 is 9.47 Å². The van der Waals surface area contributed by atoms with E-state index in [1.807, 2.05) is 24.3 Å². The van der Waals surface area contributed by atoms with Crippen LogP contribution in [0.1, 0.15) is 24.4 Å². The van der Waals surface area contributed by atoms with Gasteiger partial charge in [-0.15, -0.1) is 0 Å². The number of rotatable bonds is 8. The molecule has 33 heavy (non-hydrogen) atoms. The number of amides is 2. The molecule has 2 heterocycles. The number of benzene rings is 2. The van der Waals surface area contributed by atoms with Crippen molar-refractivity contribution in [2.75, 3.05) is 44.9 Å². The molecule has 4 rings (SSSR count). The number of hydrogen-bond donors (Lipinski definition) is 1. The maximum atomic E-state index is 13.0. The van der Waals surface area contributed by atoms with Crippen LogP contribution in [-0.2, 0) is 24.3 Å². The van der Waals surface area contributed by atoms with Crippen LogP contribution < -0.4 is 14.4 Å². The predicted octanol–water partition coefficient (Wildman–Crippen LogP) is 1.70. The van der Waals surface area contributed by atoms with Gasteiger partial charge in [-0.1, -0.05) is 12.1 Å². The van der Waals surface area contributed by atoms with E-state index < -0.39 is 10.0 Å². The van der Waals surface area contributed by atoms with E-state index >= 15 is 0 Å². The Bertz CT molecular complexity index is 1080. The Labute approximate surface area is 193 Å². The van der Waals surface area contributed by atoms with E-state index in [2.05, 4.69) is 9.62 Å². The SMILES string of the molecule is COc1ccc(C(CNS(=O)(=O)c2ccc(N3C(=O)CCC3=O)cc2)N2CCOCC2)cc1. The summed E-state index contributed by atoms with van der Waals surface area (Å²) in [7, 11) is -2.20. The molecule has 0 bridgehead atoms. The van der Waals surface area contributed by atoms with E-state index in [-0.39, 0.29) is 42.1 Å². The number of carbonyl (C=O) groups excluding carboxylic acids is 2. The second-order valence-electron chi connectivity index (χ2n) is 7.91. The van der Waals surface area contributed by atoms with Crippen molar-refractivity contribution in [2.45, 2.75) is 23.8 Å². The fourth-order valence-corrected chi connectivity index (χ4v) is 5.12. The second kappa shape index (κ2) is 10.0. The molecule has 1 unspecified atom stereocenters. The molecule has 0 saturated carbocycles. The van der Waals surface area contributed by atoms with Gasteiger partial charge in [0.1, 0.15) is 5.75 Å². The average molecular weight is 474 g/mol. The van der Waals surface area contributed by atoms with E-state index in [4.69, 9.17) is 9.47 Å². The Balaban J connectivity index is 1.50. The van der Waals surface area contributed by atoms with Gasteiger partial charge in [-0.05, 0) is 42.0 Å². The minimum Gasteiger partial charge on any atom is -0.497 e. The summed E-state index contributed by atoms with van der Waals surface area (Å²) in [6.45, 7) is 2.76. The summed E-state index contributed by atoms with van der Waals surface area (Å²) in [4.78, 5) is 27.2. The number of anilines is 1. The second-order valence-corrected chi connectivity index (χ2v) is 9.67. The Hall–Kier alpha value is -2.79. The molecule has 0 radical (unpaired) electrons. The number of sulfonamides is 1. The first-order chi connectivity index (χ1) is 15.9. The summed E-state index contributed by atoms with van der Waals surface area (Å²) in [6.07, 6.45) is 0.351. The number of ether oxygens (including phenoxy) is 2. The highest BCUT2D eigenvalue weighted by atomic mass is 32.2. The lowest BCUT2D eigenvalue weighted by atomic mass is 10.0. The molecule has 0 aliphatic carbocycles. The van der Waals surface area contributed by atoms with Crippen LogP contribution in [0.25, 0.3) is 0 Å². The molecule has 9 nitrogen and oxygen atoms in total. The average Bonchev–Trinajstić information content (AvgIpc) is 3.18. The molecule has 2 aliphatic rings. The zero-order valence-corrected chi connectivity index (χ0v) is 19.2. The molecule has 1 N–H and O–H groups in total. The van der Waals surface area contributed by atoms with E-state index in [0.717, 1.165) is 16.2 Å². The van der Waals surface area contributed by atoms with Crippen molar-refractivity contribution in [3.8, 4) is 5.75 Å². The van der Waals surface area contributed by atoms with E-state index in [1.165, 1.54) is 24.3 Å². The van der Waals surface area contributed by atoms with Gasteiger partial charge in [0.05, 0.1) is 30.9 Å². The topological polar surface area (TPSA) is 105 Å². The lowest BCUT2D eigenvalue weighted by Crippen LogP contribution is -2.43. The molecule has 2 aromatic rings. The molecule has 10 heteroatoms. The quantitative estimate of drug-likeness (QED) is 0.582. The van der Waals surface area contributed by atoms with Crippen LogP contribution in [-0.4, -0.2) is 65.1 Å². The smallest absolute Gasteiger partial charge is 0.240 e. The molecule has 2 aromatic carbocycles. The summed E-state index contributed by atoms with van der Waals surface area (Å²) in [5, 5.41) is 0. The first-order valence-corrected chi connectivity index (χ1v) is 12.3. The van der Waals surface area contributed by atoms with Gasteiger partial charge >= 0.3 is 0 Å². The maximum absolute atomic E-state index is 13.0. The Morgan fingerprint density at radius 3 is 2.15 bits per heavy atom. The van der Waals surface area contributed by atoms with Crippen LogP contribution in [0.5, 0.6) is 5.75 Å². The number of nitrogens with zero attached hydrogens (tertiary/aromatic N) is 2. The molecule has 2 fully saturated rings. The summed E-state index contributed by atoms with van der Waals surface area (Å²) in [5.74, 6) is 0.179. The monoisotopic (exact) mass is 473 g/mol. The molecule has 0 spiro atoms. The summed E-state index contributed by atoms with van der Waals surface area (Å²) in [6, 6.07) is 13.2. The third kappa shape index (κ3) is 5.25. The van der Waals surface area contributed by atoms with Crippen LogP contribution in [0.15, 0.2) is 53.4 Å². The van der Waals surface area contributed by atoms with Crippen LogP contribution in [0.2, 0.25) is 0 Å². The van der Waals surface area contributed by atoms with Crippen molar-refractivity contribution < 1.29 is 27.5 Å². The van der Waals surface area contributed by atoms with Crippen molar-refractivity contribution in [1.82, 2.24) is 9.62 Å². The molecule has 2 amide bonds. The van der Waals surface area contributed by atoms with Crippen LogP contribution in [0.3, 0.4) is 0 Å². The lowest BCUT2D eigenvalue weighted by molar-refractivity contribution is -0.121. The largest absolute Gasteiger partial charge is 0.497 e. The molecular formula is C23H27N3O6S. The third-order valence-electron chi connectivity index (χ3n) is 5.91. The molecule has 2 aliphatic heterocycles. The normalized spacial score (nSPS) is 18.5. The number of nitrogens with one attached hydrogen (secondary N) is 1. The van der Waals surface area contributed by atoms with Gasteiger partial charge in [-0.3, -0.25) is 19.4 Å². The summed E-state index contributed by atoms with van der Waals surface area (Å²) >= 11 is 0. The number of carbonyl (C=O) groups is 2.